The van der Waals surface area contributed by atoms with E-state index in [0.717, 1.165) is 10.9 Å². The van der Waals surface area contributed by atoms with Crippen LogP contribution in [0, 0.1) is 6.92 Å². The van der Waals surface area contributed by atoms with E-state index < -0.39 is 27.8 Å². The zero-order chi connectivity index (χ0) is 15.8. The van der Waals surface area contributed by atoms with Gasteiger partial charge in [-0.05, 0) is 26.0 Å². The molecule has 0 spiro atoms. The van der Waals surface area contributed by atoms with Gasteiger partial charge in [0.2, 0.25) is 15.8 Å². The molecule has 2 aromatic heterocycles. The number of carboxylic acids is 1. The van der Waals surface area contributed by atoms with Gasteiger partial charge in [-0.3, -0.25) is 0 Å². The Balaban J connectivity index is 2.28. The number of halogens is 1. The van der Waals surface area contributed by atoms with Crippen molar-refractivity contribution in [2.24, 2.45) is 0 Å². The molecule has 0 saturated carbocycles. The van der Waals surface area contributed by atoms with Crippen molar-refractivity contribution in [3.05, 3.63) is 38.9 Å². The lowest BCUT2D eigenvalue weighted by Gasteiger charge is -2.11. The van der Waals surface area contributed by atoms with Crippen LogP contribution >= 0.6 is 22.9 Å². The summed E-state index contributed by atoms with van der Waals surface area (Å²) in [5, 5.41) is 8.83. The molecular formula is C12H12ClNO5S2. The van der Waals surface area contributed by atoms with Crippen LogP contribution in [0.4, 0.5) is 0 Å². The number of hydrogen-bond acceptors (Lipinski definition) is 5. The molecule has 9 heteroatoms. The van der Waals surface area contributed by atoms with Gasteiger partial charge in [-0.15, -0.1) is 11.3 Å². The topological polar surface area (TPSA) is 96.6 Å². The van der Waals surface area contributed by atoms with E-state index in [1.807, 2.05) is 0 Å². The maximum atomic E-state index is 12.3. The van der Waals surface area contributed by atoms with Crippen molar-refractivity contribution in [1.29, 1.82) is 0 Å². The first-order valence-electron chi connectivity index (χ1n) is 5.82. The van der Waals surface area contributed by atoms with Crippen molar-refractivity contribution in [2.45, 2.75) is 24.8 Å². The molecule has 0 aromatic carbocycles. The Morgan fingerprint density at radius 1 is 1.48 bits per heavy atom. The van der Waals surface area contributed by atoms with Gasteiger partial charge in [0.25, 0.3) is 0 Å². The van der Waals surface area contributed by atoms with Crippen LogP contribution in [0.15, 0.2) is 27.5 Å². The summed E-state index contributed by atoms with van der Waals surface area (Å²) in [6, 6.07) is 3.91. The molecular weight excluding hydrogens is 338 g/mol. The SMILES string of the molecule is Cc1oc(C(=O)O)cc1S(=O)(=O)NC(C)c1ccc(Cl)s1. The first-order valence-corrected chi connectivity index (χ1v) is 8.50. The van der Waals surface area contributed by atoms with E-state index >= 15 is 0 Å². The van der Waals surface area contributed by atoms with Crippen molar-refractivity contribution < 1.29 is 22.7 Å². The second-order valence-corrected chi connectivity index (χ2v) is 7.75. The van der Waals surface area contributed by atoms with Crippen LogP contribution < -0.4 is 4.72 Å². The summed E-state index contributed by atoms with van der Waals surface area (Å²) in [6.07, 6.45) is 0. The number of carbonyl (C=O) groups is 1. The summed E-state index contributed by atoms with van der Waals surface area (Å²) in [7, 11) is -3.89. The molecule has 0 radical (unpaired) electrons. The average Bonchev–Trinajstić information content (AvgIpc) is 2.95. The van der Waals surface area contributed by atoms with Crippen LogP contribution in [0.3, 0.4) is 0 Å². The fourth-order valence-electron chi connectivity index (χ4n) is 1.75. The predicted molar refractivity (Wildman–Crippen MR) is 78.5 cm³/mol. The molecule has 0 fully saturated rings. The monoisotopic (exact) mass is 349 g/mol. The standard InChI is InChI=1S/C12H12ClNO5S2/c1-6(9-3-4-11(13)20-9)14-21(17,18)10-5-8(12(15)16)19-7(10)2/h3-6,14H,1-2H3,(H,15,16). The molecule has 0 saturated heterocycles. The van der Waals surface area contributed by atoms with E-state index in [4.69, 9.17) is 21.1 Å². The van der Waals surface area contributed by atoms with Crippen LogP contribution in [-0.4, -0.2) is 19.5 Å². The molecule has 0 aliphatic rings. The molecule has 2 aromatic rings. The zero-order valence-electron chi connectivity index (χ0n) is 11.1. The summed E-state index contributed by atoms with van der Waals surface area (Å²) in [6.45, 7) is 3.07. The number of rotatable bonds is 5. The van der Waals surface area contributed by atoms with Crippen LogP contribution in [0.5, 0.6) is 0 Å². The van der Waals surface area contributed by atoms with Gasteiger partial charge in [-0.25, -0.2) is 17.9 Å². The molecule has 114 valence electrons. The average molecular weight is 350 g/mol. The van der Waals surface area contributed by atoms with Gasteiger partial charge < -0.3 is 9.52 Å². The van der Waals surface area contributed by atoms with E-state index in [1.165, 1.54) is 18.3 Å². The highest BCUT2D eigenvalue weighted by atomic mass is 35.5. The molecule has 0 bridgehead atoms. The van der Waals surface area contributed by atoms with Gasteiger partial charge in [0.1, 0.15) is 10.7 Å². The third kappa shape index (κ3) is 3.46. The summed E-state index contributed by atoms with van der Waals surface area (Å²) < 4.78 is 32.5. The van der Waals surface area contributed by atoms with E-state index in [1.54, 1.807) is 19.1 Å². The Labute approximate surface area is 130 Å². The van der Waals surface area contributed by atoms with Gasteiger partial charge in [-0.1, -0.05) is 11.6 Å². The summed E-state index contributed by atoms with van der Waals surface area (Å²) in [5.74, 6) is -1.71. The minimum absolute atomic E-state index is 0.0244. The Kier molecular flexibility index (Phi) is 4.43. The highest BCUT2D eigenvalue weighted by Crippen LogP contribution is 2.28. The number of furan rings is 1. The van der Waals surface area contributed by atoms with E-state index in [9.17, 15) is 13.2 Å². The van der Waals surface area contributed by atoms with Gasteiger partial charge in [-0.2, -0.15) is 0 Å². The third-order valence-electron chi connectivity index (χ3n) is 2.73. The van der Waals surface area contributed by atoms with Crippen LogP contribution in [0.1, 0.15) is 34.2 Å². The molecule has 1 unspecified atom stereocenters. The first-order chi connectivity index (χ1) is 9.70. The van der Waals surface area contributed by atoms with Crippen molar-refractivity contribution in [3.8, 4) is 0 Å². The van der Waals surface area contributed by atoms with Crippen LogP contribution in [0.25, 0.3) is 0 Å². The maximum Gasteiger partial charge on any atom is 0.371 e. The molecule has 2 rings (SSSR count). The Bertz CT molecular complexity index is 777. The molecule has 0 aliphatic heterocycles. The quantitative estimate of drug-likeness (QED) is 0.864. The van der Waals surface area contributed by atoms with Gasteiger partial charge in [0, 0.05) is 10.9 Å². The third-order valence-corrected chi connectivity index (χ3v) is 5.79. The minimum Gasteiger partial charge on any atom is -0.475 e. The van der Waals surface area contributed by atoms with E-state index in [-0.39, 0.29) is 10.7 Å². The molecule has 2 heterocycles. The number of hydrogen-bond donors (Lipinski definition) is 2. The number of carboxylic acid groups (broad SMARTS) is 1. The molecule has 6 nitrogen and oxygen atoms in total. The molecule has 2 N–H and O–H groups in total. The molecule has 1 atom stereocenters. The normalized spacial score (nSPS) is 13.3. The summed E-state index contributed by atoms with van der Waals surface area (Å²) in [5.41, 5.74) is 0. The molecule has 0 amide bonds. The first kappa shape index (κ1) is 16.0. The largest absolute Gasteiger partial charge is 0.475 e. The molecule has 0 aliphatic carbocycles. The zero-order valence-corrected chi connectivity index (χ0v) is 13.5. The highest BCUT2D eigenvalue weighted by Gasteiger charge is 2.26. The van der Waals surface area contributed by atoms with Crippen molar-refractivity contribution >= 4 is 38.9 Å². The van der Waals surface area contributed by atoms with Crippen molar-refractivity contribution in [3.63, 3.8) is 0 Å². The van der Waals surface area contributed by atoms with E-state index in [2.05, 4.69) is 4.72 Å². The highest BCUT2D eigenvalue weighted by molar-refractivity contribution is 7.89. The smallest absolute Gasteiger partial charge is 0.371 e. The van der Waals surface area contributed by atoms with Crippen molar-refractivity contribution in [2.75, 3.05) is 0 Å². The lowest BCUT2D eigenvalue weighted by atomic mass is 10.3. The predicted octanol–water partition coefficient (Wildman–Crippen LogP) is 3.04. The summed E-state index contributed by atoms with van der Waals surface area (Å²) in [4.78, 5) is 11.4. The number of nitrogens with one attached hydrogen (secondary N) is 1. The Morgan fingerprint density at radius 3 is 2.62 bits per heavy atom. The maximum absolute atomic E-state index is 12.3. The second kappa shape index (κ2) is 5.80. The lowest BCUT2D eigenvalue weighted by Crippen LogP contribution is -2.26. The minimum atomic E-state index is -3.89. The van der Waals surface area contributed by atoms with Gasteiger partial charge in [0.15, 0.2) is 0 Å². The number of thiophene rings is 1. The van der Waals surface area contributed by atoms with E-state index in [0.29, 0.717) is 4.34 Å². The second-order valence-electron chi connectivity index (χ2n) is 4.32. The van der Waals surface area contributed by atoms with Crippen LogP contribution in [-0.2, 0) is 10.0 Å². The number of sulfonamides is 1. The molecule has 21 heavy (non-hydrogen) atoms. The lowest BCUT2D eigenvalue weighted by molar-refractivity contribution is 0.0661. The fraction of sp³-hybridized carbons (Fsp3) is 0.250. The summed E-state index contributed by atoms with van der Waals surface area (Å²) >= 11 is 7.08. The van der Waals surface area contributed by atoms with Crippen molar-refractivity contribution in [1.82, 2.24) is 4.72 Å². The number of aryl methyl sites for hydroxylation is 1. The van der Waals surface area contributed by atoms with Crippen LogP contribution in [0.2, 0.25) is 4.34 Å². The van der Waals surface area contributed by atoms with Gasteiger partial charge >= 0.3 is 5.97 Å². The Hall–Kier alpha value is -1.35. The van der Waals surface area contributed by atoms with Gasteiger partial charge in [0.05, 0.1) is 10.4 Å². The number of aromatic carboxylic acids is 1. The fourth-order valence-corrected chi connectivity index (χ4v) is 4.29. The Morgan fingerprint density at radius 2 is 2.14 bits per heavy atom.